The predicted molar refractivity (Wildman–Crippen MR) is 169 cm³/mol. The summed E-state index contributed by atoms with van der Waals surface area (Å²) in [6, 6.07) is 18.7. The fraction of sp³-hybridized carbons (Fsp3) is 0.290. The van der Waals surface area contributed by atoms with Crippen molar-refractivity contribution in [2.75, 3.05) is 6.61 Å². The maximum absolute atomic E-state index is 14.4. The quantitative estimate of drug-likeness (QED) is 0.141. The van der Waals surface area contributed by atoms with E-state index < -0.39 is 28.9 Å². The summed E-state index contributed by atoms with van der Waals surface area (Å²) in [4.78, 5) is 43.9. The van der Waals surface area contributed by atoms with Crippen LogP contribution in [0.4, 0.5) is 0 Å². The number of rotatable bonds is 11. The zero-order valence-electron chi connectivity index (χ0n) is 24.3. The second kappa shape index (κ2) is 13.1. The number of esters is 1. The highest BCUT2D eigenvalue weighted by Crippen LogP contribution is 2.33. The average Bonchev–Trinajstić information content (AvgIpc) is 3.66. The Bertz CT molecular complexity index is 1960. The number of hydrogen-bond acceptors (Lipinski definition) is 9. The van der Waals surface area contributed by atoms with Crippen molar-refractivity contribution in [2.24, 2.45) is 0 Å². The molecule has 0 N–H and O–H groups in total. The van der Waals surface area contributed by atoms with Gasteiger partial charge in [-0.05, 0) is 38.0 Å². The van der Waals surface area contributed by atoms with Crippen molar-refractivity contribution in [3.63, 3.8) is 0 Å². The number of aromatic nitrogens is 5. The summed E-state index contributed by atoms with van der Waals surface area (Å²) in [6.07, 6.45) is 2.52. The first-order chi connectivity index (χ1) is 21.1. The lowest BCUT2D eigenvalue weighted by Gasteiger charge is -2.27. The molecule has 0 unspecified atom stereocenters. The first-order valence-corrected chi connectivity index (χ1v) is 15.4. The molecule has 3 heterocycles. The highest BCUT2D eigenvalue weighted by molar-refractivity contribution is 9.10. The topological polar surface area (TPSA) is 134 Å². The maximum atomic E-state index is 14.4. The van der Waals surface area contributed by atoms with Crippen molar-refractivity contribution in [2.45, 2.75) is 52.0 Å². The molecule has 11 nitrogen and oxygen atoms in total. The second-order valence-electron chi connectivity index (χ2n) is 10.5. The van der Waals surface area contributed by atoms with E-state index >= 15 is 0 Å². The van der Waals surface area contributed by atoms with Crippen molar-refractivity contribution in [1.29, 1.82) is 5.26 Å². The minimum Gasteiger partial charge on any atom is -0.459 e. The maximum Gasteiger partial charge on any atom is 0.333 e. The van der Waals surface area contributed by atoms with Crippen molar-refractivity contribution < 1.29 is 14.3 Å². The summed E-state index contributed by atoms with van der Waals surface area (Å²) in [5.74, 6) is -0.735. The Kier molecular flexibility index (Phi) is 9.24. The van der Waals surface area contributed by atoms with Crippen LogP contribution in [0.25, 0.3) is 15.2 Å². The van der Waals surface area contributed by atoms with Crippen LogP contribution >= 0.6 is 27.3 Å². The molecule has 0 spiro atoms. The van der Waals surface area contributed by atoms with Gasteiger partial charge in [0, 0.05) is 10.0 Å². The lowest BCUT2D eigenvalue weighted by molar-refractivity contribution is -0.154. The number of carbonyl (C=O) groups excluding carboxylic acids is 1. The Morgan fingerprint density at radius 2 is 1.77 bits per heavy atom. The van der Waals surface area contributed by atoms with Gasteiger partial charge in [-0.3, -0.25) is 9.36 Å². The van der Waals surface area contributed by atoms with Crippen LogP contribution in [0.15, 0.2) is 81.1 Å². The van der Waals surface area contributed by atoms with Crippen LogP contribution in [-0.2, 0) is 33.0 Å². The molecule has 3 aromatic heterocycles. The molecular weight excluding hydrogens is 648 g/mol. The van der Waals surface area contributed by atoms with Crippen LogP contribution in [0.5, 0.6) is 0 Å². The number of ether oxygens (including phenoxy) is 2. The van der Waals surface area contributed by atoms with E-state index in [1.165, 1.54) is 46.9 Å². The van der Waals surface area contributed by atoms with Gasteiger partial charge in [0.1, 0.15) is 28.1 Å². The largest absolute Gasteiger partial charge is 0.459 e. The van der Waals surface area contributed by atoms with E-state index in [2.05, 4.69) is 32.2 Å². The molecule has 0 aliphatic heterocycles. The first kappa shape index (κ1) is 31.1. The molecular formula is C31H29BrN6O5S. The molecule has 0 saturated carbocycles. The van der Waals surface area contributed by atoms with E-state index in [1.54, 1.807) is 6.92 Å². The molecule has 2 aromatic carbocycles. The van der Waals surface area contributed by atoms with Gasteiger partial charge in [-0.15, -0.1) is 4.80 Å². The van der Waals surface area contributed by atoms with Crippen molar-refractivity contribution in [3.05, 3.63) is 109 Å². The Balaban J connectivity index is 1.68. The van der Waals surface area contributed by atoms with E-state index in [0.717, 1.165) is 20.2 Å². The number of carbonyl (C=O) groups is 1. The molecule has 0 aliphatic rings. The highest BCUT2D eigenvalue weighted by Gasteiger charge is 2.37. The highest BCUT2D eigenvalue weighted by atomic mass is 79.9. The lowest BCUT2D eigenvalue weighted by Crippen LogP contribution is -2.53. The lowest BCUT2D eigenvalue weighted by atomic mass is 10.0. The van der Waals surface area contributed by atoms with E-state index in [1.807, 2.05) is 54.6 Å². The van der Waals surface area contributed by atoms with Crippen LogP contribution in [-0.4, -0.2) is 36.7 Å². The van der Waals surface area contributed by atoms with Crippen LogP contribution in [0.2, 0.25) is 0 Å². The number of fused-ring (bicyclic) bond motifs is 1. The number of halogens is 1. The van der Waals surface area contributed by atoms with Crippen molar-refractivity contribution >= 4 is 43.5 Å². The summed E-state index contributed by atoms with van der Waals surface area (Å²) >= 11 is 4.77. The summed E-state index contributed by atoms with van der Waals surface area (Å²) in [7, 11) is 0. The third kappa shape index (κ3) is 6.01. The monoisotopic (exact) mass is 676 g/mol. The number of nitrogens with zero attached hydrogens (tertiary/aromatic N) is 6. The third-order valence-corrected chi connectivity index (χ3v) is 9.20. The number of hydrogen-bond donors (Lipinski definition) is 0. The fourth-order valence-electron chi connectivity index (χ4n) is 4.88. The minimum atomic E-state index is -1.66. The normalized spacial score (nSPS) is 12.2. The van der Waals surface area contributed by atoms with Gasteiger partial charge in [0.05, 0.1) is 43.4 Å². The number of thiophene rings is 1. The van der Waals surface area contributed by atoms with Gasteiger partial charge in [0.25, 0.3) is 5.56 Å². The van der Waals surface area contributed by atoms with Crippen molar-refractivity contribution in [1.82, 2.24) is 24.1 Å². The number of aryl methyl sites for hydroxylation is 1. The minimum absolute atomic E-state index is 0.00920. The number of nitriles is 1. The molecule has 5 aromatic rings. The van der Waals surface area contributed by atoms with Crippen molar-refractivity contribution in [3.8, 4) is 11.1 Å². The Hall–Kier alpha value is -4.38. The van der Waals surface area contributed by atoms with Gasteiger partial charge >= 0.3 is 11.7 Å². The molecule has 44 heavy (non-hydrogen) atoms. The van der Waals surface area contributed by atoms with E-state index in [-0.39, 0.29) is 31.6 Å². The third-order valence-electron chi connectivity index (χ3n) is 7.19. The van der Waals surface area contributed by atoms with Gasteiger partial charge < -0.3 is 9.47 Å². The van der Waals surface area contributed by atoms with Gasteiger partial charge in [0.15, 0.2) is 0 Å². The molecule has 1 atom stereocenters. The van der Waals surface area contributed by atoms with E-state index in [0.29, 0.717) is 15.4 Å². The SMILES string of the molecule is Cc1c(-n2nccn2)sc2c1c(=O)n(C(C)(C)C(=O)OCc1ccccc1)c(=O)n2C[C@H](OCCC#N)c1ccccc1Br. The summed E-state index contributed by atoms with van der Waals surface area (Å²) in [6.45, 7) is 4.84. The van der Waals surface area contributed by atoms with Gasteiger partial charge in [-0.2, -0.15) is 15.5 Å². The molecule has 5 rings (SSSR count). The van der Waals surface area contributed by atoms with Gasteiger partial charge in [-0.1, -0.05) is 75.8 Å². The smallest absolute Gasteiger partial charge is 0.333 e. The van der Waals surface area contributed by atoms with Gasteiger partial charge in [0.2, 0.25) is 0 Å². The molecule has 0 fully saturated rings. The predicted octanol–water partition coefficient (Wildman–Crippen LogP) is 5.03. The first-order valence-electron chi connectivity index (χ1n) is 13.8. The molecule has 226 valence electrons. The number of benzene rings is 2. The van der Waals surface area contributed by atoms with Crippen LogP contribution < -0.4 is 11.2 Å². The molecule has 0 amide bonds. The van der Waals surface area contributed by atoms with Gasteiger partial charge in [-0.25, -0.2) is 14.2 Å². The summed E-state index contributed by atoms with van der Waals surface area (Å²) < 4.78 is 14.9. The molecule has 13 heteroatoms. The van der Waals surface area contributed by atoms with Crippen LogP contribution in [0.1, 0.15) is 43.1 Å². The molecule has 0 radical (unpaired) electrons. The summed E-state index contributed by atoms with van der Waals surface area (Å²) in [5, 5.41) is 18.4. The van der Waals surface area contributed by atoms with E-state index in [9.17, 15) is 14.4 Å². The molecule has 0 saturated heterocycles. The zero-order chi connectivity index (χ0) is 31.4. The Morgan fingerprint density at radius 1 is 1.09 bits per heavy atom. The fourth-order valence-corrected chi connectivity index (χ4v) is 6.64. The molecule has 0 bridgehead atoms. The standard InChI is InChI=1S/C31H29BrN6O5S/c1-20-25-26(39)37(31(2,3)29(40)43-19-21-10-5-4-6-11-21)30(41)36(28(25)44-27(20)38-34-15-16-35-38)18-24(42-17-9-14-33)22-12-7-8-13-23(22)32/h4-8,10-13,15-16,24H,9,17-19H2,1-3H3/t24-/m0/s1. The second-order valence-corrected chi connectivity index (χ2v) is 12.3. The Morgan fingerprint density at radius 3 is 2.45 bits per heavy atom. The van der Waals surface area contributed by atoms with Crippen LogP contribution in [0, 0.1) is 18.3 Å². The van der Waals surface area contributed by atoms with E-state index in [4.69, 9.17) is 14.7 Å². The summed E-state index contributed by atoms with van der Waals surface area (Å²) in [5.41, 5.74) is -0.907. The van der Waals surface area contributed by atoms with Crippen LogP contribution in [0.3, 0.4) is 0 Å². The average molecular weight is 678 g/mol. The Labute approximate surface area is 265 Å². The molecule has 0 aliphatic carbocycles. The zero-order valence-corrected chi connectivity index (χ0v) is 26.7.